The van der Waals surface area contributed by atoms with Gasteiger partial charge in [-0.25, -0.2) is 15.0 Å². The zero-order chi connectivity index (χ0) is 28.3. The number of aromatic nitrogens is 3. The molecule has 2 aromatic heterocycles. The van der Waals surface area contributed by atoms with Crippen molar-refractivity contribution in [3.05, 3.63) is 140 Å². The van der Waals surface area contributed by atoms with Crippen LogP contribution >= 0.6 is 0 Å². The summed E-state index contributed by atoms with van der Waals surface area (Å²) in [7, 11) is 0. The Morgan fingerprint density at radius 3 is 1.79 bits per heavy atom. The highest BCUT2D eigenvalue weighted by atomic mass is 16.3. The standard InChI is InChI=1S/C39H23N3O/c1-2-10-26-20-28(18-16-24(26)8-1)37-40-38(42-39(41-37)33-14-7-11-25-9-3-4-12-31(25)33)29-19-17-27-23-36-34(22-30(27)21-29)32-13-5-6-15-35(32)43-36/h1-23H. The van der Waals surface area contributed by atoms with Crippen LogP contribution in [0.15, 0.2) is 144 Å². The van der Waals surface area contributed by atoms with Crippen LogP contribution in [0.5, 0.6) is 0 Å². The van der Waals surface area contributed by atoms with Crippen LogP contribution in [0.3, 0.4) is 0 Å². The van der Waals surface area contributed by atoms with Crippen molar-refractivity contribution in [2.75, 3.05) is 0 Å². The largest absolute Gasteiger partial charge is 0.456 e. The van der Waals surface area contributed by atoms with Crippen molar-refractivity contribution < 1.29 is 4.42 Å². The lowest BCUT2D eigenvalue weighted by Gasteiger charge is -2.11. The fourth-order valence-electron chi connectivity index (χ4n) is 6.11. The van der Waals surface area contributed by atoms with Crippen LogP contribution in [0.4, 0.5) is 0 Å². The molecule has 0 saturated heterocycles. The molecule has 7 aromatic carbocycles. The zero-order valence-corrected chi connectivity index (χ0v) is 23.0. The first-order valence-corrected chi connectivity index (χ1v) is 14.4. The van der Waals surface area contributed by atoms with Gasteiger partial charge in [-0.3, -0.25) is 0 Å². The summed E-state index contributed by atoms with van der Waals surface area (Å²) >= 11 is 0. The molecule has 9 aromatic rings. The van der Waals surface area contributed by atoms with Crippen LogP contribution in [0, 0.1) is 0 Å². The molecule has 0 bridgehead atoms. The average Bonchev–Trinajstić information content (AvgIpc) is 3.43. The molecule has 0 aliphatic heterocycles. The van der Waals surface area contributed by atoms with E-state index in [-0.39, 0.29) is 0 Å². The van der Waals surface area contributed by atoms with Gasteiger partial charge in [-0.15, -0.1) is 0 Å². The third-order valence-electron chi connectivity index (χ3n) is 8.27. The van der Waals surface area contributed by atoms with Gasteiger partial charge in [0.25, 0.3) is 0 Å². The number of furan rings is 1. The summed E-state index contributed by atoms with van der Waals surface area (Å²) in [5, 5.41) is 9.02. The van der Waals surface area contributed by atoms with Gasteiger partial charge in [0.15, 0.2) is 17.5 Å². The van der Waals surface area contributed by atoms with E-state index >= 15 is 0 Å². The van der Waals surface area contributed by atoms with E-state index in [1.54, 1.807) is 0 Å². The molecular formula is C39H23N3O. The molecule has 0 fully saturated rings. The second-order valence-electron chi connectivity index (χ2n) is 10.9. The number of hydrogen-bond acceptors (Lipinski definition) is 4. The molecule has 0 radical (unpaired) electrons. The second-order valence-corrected chi connectivity index (χ2v) is 10.9. The highest BCUT2D eigenvalue weighted by molar-refractivity contribution is 6.10. The third kappa shape index (κ3) is 3.96. The van der Waals surface area contributed by atoms with E-state index in [2.05, 4.69) is 121 Å². The average molecular weight is 550 g/mol. The Kier molecular flexibility index (Phi) is 5.16. The van der Waals surface area contributed by atoms with Gasteiger partial charge in [-0.1, -0.05) is 109 Å². The Hall–Kier alpha value is -5.87. The number of hydrogen-bond donors (Lipinski definition) is 0. The van der Waals surface area contributed by atoms with Crippen molar-refractivity contribution in [1.82, 2.24) is 15.0 Å². The first-order valence-electron chi connectivity index (χ1n) is 14.4. The van der Waals surface area contributed by atoms with Crippen LogP contribution in [-0.2, 0) is 0 Å². The van der Waals surface area contributed by atoms with Gasteiger partial charge in [0.2, 0.25) is 0 Å². The summed E-state index contributed by atoms with van der Waals surface area (Å²) in [4.78, 5) is 15.2. The van der Waals surface area contributed by atoms with Crippen LogP contribution < -0.4 is 0 Å². The lowest BCUT2D eigenvalue weighted by molar-refractivity contribution is 0.669. The summed E-state index contributed by atoms with van der Waals surface area (Å²) in [6.45, 7) is 0. The molecule has 0 spiro atoms. The van der Waals surface area contributed by atoms with E-state index in [4.69, 9.17) is 19.4 Å². The number of rotatable bonds is 3. The summed E-state index contributed by atoms with van der Waals surface area (Å²) < 4.78 is 6.14. The Morgan fingerprint density at radius 2 is 0.953 bits per heavy atom. The SMILES string of the molecule is c1ccc2cc(-c3nc(-c4ccc5cc6oc7ccccc7c6cc5c4)nc(-c4cccc5ccccc45)n3)ccc2c1. The molecule has 9 rings (SSSR count). The first kappa shape index (κ1) is 23.8. The summed E-state index contributed by atoms with van der Waals surface area (Å²) in [5.41, 5.74) is 4.65. The predicted octanol–water partition coefficient (Wildman–Crippen LogP) is 10.2. The minimum Gasteiger partial charge on any atom is -0.456 e. The lowest BCUT2D eigenvalue weighted by atomic mass is 10.0. The van der Waals surface area contributed by atoms with Crippen molar-refractivity contribution in [3.63, 3.8) is 0 Å². The van der Waals surface area contributed by atoms with Gasteiger partial charge in [0, 0.05) is 27.5 Å². The van der Waals surface area contributed by atoms with Crippen LogP contribution in [0.1, 0.15) is 0 Å². The molecule has 0 N–H and O–H groups in total. The number of nitrogens with zero attached hydrogens (tertiary/aromatic N) is 3. The van der Waals surface area contributed by atoms with E-state index in [0.29, 0.717) is 17.5 Å². The smallest absolute Gasteiger partial charge is 0.164 e. The highest BCUT2D eigenvalue weighted by Crippen LogP contribution is 2.35. The third-order valence-corrected chi connectivity index (χ3v) is 8.27. The van der Waals surface area contributed by atoms with E-state index in [1.807, 2.05) is 18.2 Å². The minimum atomic E-state index is 0.639. The van der Waals surface area contributed by atoms with Crippen molar-refractivity contribution in [2.45, 2.75) is 0 Å². The van der Waals surface area contributed by atoms with Crippen molar-refractivity contribution in [2.24, 2.45) is 0 Å². The molecule has 43 heavy (non-hydrogen) atoms. The van der Waals surface area contributed by atoms with Crippen molar-refractivity contribution in [1.29, 1.82) is 0 Å². The maximum Gasteiger partial charge on any atom is 0.164 e. The van der Waals surface area contributed by atoms with E-state index in [0.717, 1.165) is 65.6 Å². The number of benzene rings is 7. The quantitative estimate of drug-likeness (QED) is 0.220. The van der Waals surface area contributed by atoms with E-state index < -0.39 is 0 Å². The molecular weight excluding hydrogens is 526 g/mol. The summed E-state index contributed by atoms with van der Waals surface area (Å²) in [6, 6.07) is 48.2. The van der Waals surface area contributed by atoms with Gasteiger partial charge < -0.3 is 4.42 Å². The number of para-hydroxylation sites is 1. The summed E-state index contributed by atoms with van der Waals surface area (Å²) in [5.74, 6) is 1.94. The Bertz CT molecular complexity index is 2520. The van der Waals surface area contributed by atoms with Crippen LogP contribution in [0.2, 0.25) is 0 Å². The molecule has 0 unspecified atom stereocenters. The molecule has 0 aliphatic rings. The minimum absolute atomic E-state index is 0.639. The Labute approximate surface area is 246 Å². The number of fused-ring (bicyclic) bond motifs is 6. The molecule has 4 heteroatoms. The van der Waals surface area contributed by atoms with Gasteiger partial charge >= 0.3 is 0 Å². The zero-order valence-electron chi connectivity index (χ0n) is 23.0. The maximum atomic E-state index is 6.14. The van der Waals surface area contributed by atoms with E-state index in [1.165, 1.54) is 5.39 Å². The van der Waals surface area contributed by atoms with Gasteiger partial charge in [-0.05, 0) is 62.6 Å². The maximum absolute atomic E-state index is 6.14. The topological polar surface area (TPSA) is 51.8 Å². The molecule has 2 heterocycles. The molecule has 4 nitrogen and oxygen atoms in total. The van der Waals surface area contributed by atoms with Crippen LogP contribution in [-0.4, -0.2) is 15.0 Å². The van der Waals surface area contributed by atoms with Gasteiger partial charge in [-0.2, -0.15) is 0 Å². The van der Waals surface area contributed by atoms with Gasteiger partial charge in [0.1, 0.15) is 11.2 Å². The summed E-state index contributed by atoms with van der Waals surface area (Å²) in [6.07, 6.45) is 0. The molecule has 0 saturated carbocycles. The fraction of sp³-hybridized carbons (Fsp3) is 0. The molecule has 0 amide bonds. The van der Waals surface area contributed by atoms with Crippen molar-refractivity contribution >= 4 is 54.3 Å². The predicted molar refractivity (Wildman–Crippen MR) is 176 cm³/mol. The Morgan fingerprint density at radius 1 is 0.349 bits per heavy atom. The van der Waals surface area contributed by atoms with Crippen LogP contribution in [0.25, 0.3) is 88.4 Å². The molecule has 0 atom stereocenters. The Balaban J connectivity index is 1.27. The second kappa shape index (κ2) is 9.33. The first-order chi connectivity index (χ1) is 21.3. The van der Waals surface area contributed by atoms with Gasteiger partial charge in [0.05, 0.1) is 0 Å². The monoisotopic (exact) mass is 549 g/mol. The molecule has 0 aliphatic carbocycles. The fourth-order valence-corrected chi connectivity index (χ4v) is 6.11. The van der Waals surface area contributed by atoms with E-state index in [9.17, 15) is 0 Å². The highest BCUT2D eigenvalue weighted by Gasteiger charge is 2.16. The molecule has 200 valence electrons. The van der Waals surface area contributed by atoms with Crippen molar-refractivity contribution in [3.8, 4) is 34.2 Å². The normalized spacial score (nSPS) is 11.7. The lowest BCUT2D eigenvalue weighted by Crippen LogP contribution is -2.00.